The van der Waals surface area contributed by atoms with Crippen LogP contribution in [0.2, 0.25) is 10.0 Å². The molecule has 4 rings (SSSR count). The number of nitrogens with two attached hydrogens (primary N) is 1. The maximum Gasteiger partial charge on any atom is 0.255 e. The van der Waals surface area contributed by atoms with Crippen molar-refractivity contribution in [3.63, 3.8) is 0 Å². The zero-order chi connectivity index (χ0) is 20.5. The van der Waals surface area contributed by atoms with Crippen LogP contribution in [0.4, 0.5) is 11.4 Å². The first kappa shape index (κ1) is 19.1. The molecule has 29 heavy (non-hydrogen) atoms. The Bertz CT molecular complexity index is 1240. The van der Waals surface area contributed by atoms with Crippen LogP contribution in [0.25, 0.3) is 21.9 Å². The number of anilines is 2. The van der Waals surface area contributed by atoms with Gasteiger partial charge in [-0.05, 0) is 35.0 Å². The summed E-state index contributed by atoms with van der Waals surface area (Å²) in [7, 11) is 0. The van der Waals surface area contributed by atoms with Gasteiger partial charge in [-0.3, -0.25) is 4.79 Å². The zero-order valence-electron chi connectivity index (χ0n) is 15.1. The van der Waals surface area contributed by atoms with Gasteiger partial charge in [0.05, 0.1) is 15.7 Å². The fourth-order valence-corrected chi connectivity index (χ4v) is 3.78. The third kappa shape index (κ3) is 3.48. The van der Waals surface area contributed by atoms with E-state index in [0.29, 0.717) is 16.8 Å². The molecule has 0 aliphatic carbocycles. The Kier molecular flexibility index (Phi) is 5.05. The van der Waals surface area contributed by atoms with Gasteiger partial charge < -0.3 is 16.2 Å². The van der Waals surface area contributed by atoms with E-state index in [1.165, 1.54) is 6.07 Å². The average molecular weight is 423 g/mol. The number of nitrogen functional groups attached to an aromatic ring is 1. The molecule has 0 spiro atoms. The van der Waals surface area contributed by atoms with Crippen LogP contribution in [0.15, 0.2) is 72.8 Å². The van der Waals surface area contributed by atoms with Gasteiger partial charge in [-0.1, -0.05) is 71.7 Å². The SMILES string of the molecule is Nc1ccc2ccccc2c1-c1c(O)c(Cl)cc(NC(=O)c2ccccc2)c1Cl. The number of carbonyl (C=O) groups excluding carboxylic acids is 1. The van der Waals surface area contributed by atoms with Crippen molar-refractivity contribution >= 4 is 51.3 Å². The van der Waals surface area contributed by atoms with Gasteiger partial charge in [0, 0.05) is 22.4 Å². The number of fused-ring (bicyclic) bond motifs is 1. The van der Waals surface area contributed by atoms with Gasteiger partial charge >= 0.3 is 0 Å². The number of carbonyl (C=O) groups is 1. The molecule has 0 radical (unpaired) electrons. The normalized spacial score (nSPS) is 10.8. The lowest BCUT2D eigenvalue weighted by atomic mass is 9.95. The van der Waals surface area contributed by atoms with Gasteiger partial charge in [0.2, 0.25) is 0 Å². The van der Waals surface area contributed by atoms with E-state index in [4.69, 9.17) is 28.9 Å². The first-order valence-electron chi connectivity index (χ1n) is 8.82. The molecule has 0 heterocycles. The van der Waals surface area contributed by atoms with Crippen LogP contribution in [-0.2, 0) is 0 Å². The predicted molar refractivity (Wildman–Crippen MR) is 120 cm³/mol. The average Bonchev–Trinajstić information content (AvgIpc) is 2.74. The van der Waals surface area contributed by atoms with Crippen LogP contribution in [0.1, 0.15) is 10.4 Å². The third-order valence-electron chi connectivity index (χ3n) is 4.69. The number of halogens is 2. The lowest BCUT2D eigenvalue weighted by Gasteiger charge is -2.17. The van der Waals surface area contributed by atoms with Crippen molar-refractivity contribution in [1.82, 2.24) is 0 Å². The summed E-state index contributed by atoms with van der Waals surface area (Å²) in [4.78, 5) is 12.6. The van der Waals surface area contributed by atoms with E-state index in [0.717, 1.165) is 10.8 Å². The summed E-state index contributed by atoms with van der Waals surface area (Å²) in [6.07, 6.45) is 0. The van der Waals surface area contributed by atoms with Crippen molar-refractivity contribution in [1.29, 1.82) is 0 Å². The maximum atomic E-state index is 12.6. The monoisotopic (exact) mass is 422 g/mol. The lowest BCUT2D eigenvalue weighted by Crippen LogP contribution is -2.12. The third-order valence-corrected chi connectivity index (χ3v) is 5.37. The first-order chi connectivity index (χ1) is 14.0. The highest BCUT2D eigenvalue weighted by molar-refractivity contribution is 6.40. The minimum atomic E-state index is -0.342. The van der Waals surface area contributed by atoms with Crippen molar-refractivity contribution < 1.29 is 9.90 Å². The molecule has 144 valence electrons. The van der Waals surface area contributed by atoms with Crippen LogP contribution in [0.3, 0.4) is 0 Å². The number of nitrogens with one attached hydrogen (secondary N) is 1. The predicted octanol–water partition coefficient (Wildman–Crippen LogP) is 6.35. The summed E-state index contributed by atoms with van der Waals surface area (Å²) < 4.78 is 0. The van der Waals surface area contributed by atoms with Gasteiger partial charge in [-0.25, -0.2) is 0 Å². The van der Waals surface area contributed by atoms with E-state index in [-0.39, 0.29) is 33.0 Å². The Hall–Kier alpha value is -3.21. The number of phenols is 1. The Morgan fingerprint density at radius 1 is 0.897 bits per heavy atom. The topological polar surface area (TPSA) is 75.3 Å². The highest BCUT2D eigenvalue weighted by atomic mass is 35.5. The second kappa shape index (κ2) is 7.66. The molecule has 0 saturated heterocycles. The van der Waals surface area contributed by atoms with Gasteiger partial charge in [-0.15, -0.1) is 0 Å². The number of rotatable bonds is 3. The summed E-state index contributed by atoms with van der Waals surface area (Å²) >= 11 is 12.9. The second-order valence-corrected chi connectivity index (χ2v) is 7.30. The van der Waals surface area contributed by atoms with Crippen LogP contribution >= 0.6 is 23.2 Å². The molecule has 0 atom stereocenters. The lowest BCUT2D eigenvalue weighted by molar-refractivity contribution is 0.102. The Labute approximate surface area is 177 Å². The van der Waals surface area contributed by atoms with Crippen molar-refractivity contribution in [2.24, 2.45) is 0 Å². The van der Waals surface area contributed by atoms with Gasteiger partial charge in [0.15, 0.2) is 0 Å². The Balaban J connectivity index is 1.90. The summed E-state index contributed by atoms with van der Waals surface area (Å²) in [5, 5.41) is 15.4. The van der Waals surface area contributed by atoms with Gasteiger partial charge in [0.1, 0.15) is 5.75 Å². The number of hydrogen-bond acceptors (Lipinski definition) is 3. The number of benzene rings is 4. The largest absolute Gasteiger partial charge is 0.506 e. The Morgan fingerprint density at radius 2 is 1.59 bits per heavy atom. The number of aromatic hydroxyl groups is 1. The number of phenolic OH excluding ortho intramolecular Hbond substituents is 1. The molecule has 0 aromatic heterocycles. The van der Waals surface area contributed by atoms with Crippen molar-refractivity contribution in [2.75, 3.05) is 11.1 Å². The molecule has 4 N–H and O–H groups in total. The molecular formula is C23H16Cl2N2O2. The molecule has 0 aliphatic heterocycles. The minimum absolute atomic E-state index is 0.0556. The van der Waals surface area contributed by atoms with Crippen LogP contribution in [-0.4, -0.2) is 11.0 Å². The van der Waals surface area contributed by atoms with Gasteiger partial charge in [-0.2, -0.15) is 0 Å². The number of hydrogen-bond donors (Lipinski definition) is 3. The standard InChI is InChI=1S/C23H16Cl2N2O2/c24-16-12-18(27-23(29)14-7-2-1-3-8-14)21(25)20(22(16)28)19-15-9-5-4-6-13(15)10-11-17(19)26/h1-12,28H,26H2,(H,27,29). The van der Waals surface area contributed by atoms with E-state index >= 15 is 0 Å². The molecule has 4 aromatic carbocycles. The van der Waals surface area contributed by atoms with Crippen LogP contribution in [0, 0.1) is 0 Å². The van der Waals surface area contributed by atoms with Crippen molar-refractivity contribution in [3.8, 4) is 16.9 Å². The fraction of sp³-hybridized carbons (Fsp3) is 0. The van der Waals surface area contributed by atoms with Crippen molar-refractivity contribution in [3.05, 3.63) is 88.4 Å². The zero-order valence-corrected chi connectivity index (χ0v) is 16.6. The fourth-order valence-electron chi connectivity index (χ4n) is 3.29. The molecule has 6 heteroatoms. The summed E-state index contributed by atoms with van der Waals surface area (Å²) in [6, 6.07) is 21.4. The van der Waals surface area contributed by atoms with E-state index in [1.807, 2.05) is 36.4 Å². The quantitative estimate of drug-likeness (QED) is 0.265. The molecule has 0 unspecified atom stereocenters. The molecule has 0 fully saturated rings. The minimum Gasteiger partial charge on any atom is -0.506 e. The highest BCUT2D eigenvalue weighted by Crippen LogP contribution is 2.48. The first-order valence-corrected chi connectivity index (χ1v) is 9.58. The summed E-state index contributed by atoms with van der Waals surface area (Å²) in [6.45, 7) is 0. The molecular weight excluding hydrogens is 407 g/mol. The van der Waals surface area contributed by atoms with E-state index in [2.05, 4.69) is 5.32 Å². The van der Waals surface area contributed by atoms with E-state index < -0.39 is 0 Å². The number of amides is 1. The van der Waals surface area contributed by atoms with E-state index in [1.54, 1.807) is 30.3 Å². The molecule has 0 aliphatic rings. The van der Waals surface area contributed by atoms with E-state index in [9.17, 15) is 9.90 Å². The van der Waals surface area contributed by atoms with Gasteiger partial charge in [0.25, 0.3) is 5.91 Å². The second-order valence-electron chi connectivity index (χ2n) is 6.51. The molecule has 0 bridgehead atoms. The molecule has 1 amide bonds. The van der Waals surface area contributed by atoms with Crippen LogP contribution < -0.4 is 11.1 Å². The maximum absolute atomic E-state index is 12.6. The van der Waals surface area contributed by atoms with Crippen molar-refractivity contribution in [2.45, 2.75) is 0 Å². The van der Waals surface area contributed by atoms with Crippen LogP contribution in [0.5, 0.6) is 5.75 Å². The Morgan fingerprint density at radius 3 is 2.34 bits per heavy atom. The summed E-state index contributed by atoms with van der Waals surface area (Å²) in [5.74, 6) is -0.538. The highest BCUT2D eigenvalue weighted by Gasteiger charge is 2.22. The smallest absolute Gasteiger partial charge is 0.255 e. The summed E-state index contributed by atoms with van der Waals surface area (Å²) in [5.41, 5.74) is 8.27. The molecule has 4 aromatic rings. The molecule has 0 saturated carbocycles. The molecule has 4 nitrogen and oxygen atoms in total.